The van der Waals surface area contributed by atoms with Gasteiger partial charge in [-0.3, -0.25) is 14.3 Å². The molecule has 0 radical (unpaired) electrons. The van der Waals surface area contributed by atoms with Crippen LogP contribution in [0, 0.1) is 11.8 Å². The molecule has 0 aliphatic carbocycles. The Hall–Kier alpha value is -2.83. The lowest BCUT2D eigenvalue weighted by Gasteiger charge is -2.34. The van der Waals surface area contributed by atoms with E-state index in [4.69, 9.17) is 4.74 Å². The molecule has 0 bridgehead atoms. The predicted molar refractivity (Wildman–Crippen MR) is 95.1 cm³/mol. The minimum absolute atomic E-state index is 0.163. The Morgan fingerprint density at radius 3 is 2.65 bits per heavy atom. The molecule has 1 aliphatic heterocycles. The highest BCUT2D eigenvalue weighted by molar-refractivity contribution is 5.94. The molecule has 2 unspecified atom stereocenters. The second-order valence-corrected chi connectivity index (χ2v) is 6.86. The minimum atomic E-state index is -0.843. The van der Waals surface area contributed by atoms with Crippen molar-refractivity contribution in [2.75, 3.05) is 20.2 Å². The maximum absolute atomic E-state index is 12.7. The summed E-state index contributed by atoms with van der Waals surface area (Å²) in [4.78, 5) is 25.6. The molecule has 2 aromatic rings. The lowest BCUT2D eigenvalue weighted by molar-refractivity contribution is -0.143. The van der Waals surface area contributed by atoms with Crippen LogP contribution in [-0.4, -0.2) is 51.9 Å². The maximum Gasteiger partial charge on any atom is 0.308 e. The second-order valence-electron chi connectivity index (χ2n) is 6.86. The van der Waals surface area contributed by atoms with Gasteiger partial charge in [-0.05, 0) is 30.0 Å². The van der Waals surface area contributed by atoms with Crippen LogP contribution in [0.15, 0.2) is 36.7 Å². The third kappa shape index (κ3) is 4.04. The molecule has 138 valence electrons. The standard InChI is InChI=1S/C19H23N3O4/c1-13-7-15(19(24)25)11-21(9-13)18(23)16-8-20-22(12-16)10-14-3-5-17(26-2)6-4-14/h3-6,8,12-13,15H,7,9-11H2,1-2H3,(H,24,25). The van der Waals surface area contributed by atoms with Gasteiger partial charge in [-0.15, -0.1) is 0 Å². The third-order valence-electron chi connectivity index (χ3n) is 4.68. The van der Waals surface area contributed by atoms with E-state index in [0.29, 0.717) is 25.1 Å². The molecular weight excluding hydrogens is 334 g/mol. The van der Waals surface area contributed by atoms with Crippen LogP contribution < -0.4 is 4.74 Å². The van der Waals surface area contributed by atoms with Crippen molar-refractivity contribution in [3.63, 3.8) is 0 Å². The molecule has 1 N–H and O–H groups in total. The van der Waals surface area contributed by atoms with Crippen LogP contribution in [0.25, 0.3) is 0 Å². The first kappa shape index (κ1) is 18.0. The molecular formula is C19H23N3O4. The van der Waals surface area contributed by atoms with E-state index >= 15 is 0 Å². The molecule has 1 aromatic carbocycles. The van der Waals surface area contributed by atoms with Crippen LogP contribution in [0.5, 0.6) is 5.75 Å². The van der Waals surface area contributed by atoms with Gasteiger partial charge in [-0.2, -0.15) is 5.10 Å². The first-order valence-corrected chi connectivity index (χ1v) is 8.63. The van der Waals surface area contributed by atoms with Crippen LogP contribution in [0.2, 0.25) is 0 Å². The van der Waals surface area contributed by atoms with E-state index in [1.54, 1.807) is 29.1 Å². The number of aliphatic carboxylic acids is 1. The first-order chi connectivity index (χ1) is 12.5. The molecule has 0 saturated carbocycles. The fourth-order valence-electron chi connectivity index (χ4n) is 3.36. The lowest BCUT2D eigenvalue weighted by Crippen LogP contribution is -2.45. The van der Waals surface area contributed by atoms with Crippen LogP contribution >= 0.6 is 0 Å². The number of carboxylic acids is 1. The monoisotopic (exact) mass is 357 g/mol. The fourth-order valence-corrected chi connectivity index (χ4v) is 3.36. The van der Waals surface area contributed by atoms with E-state index in [-0.39, 0.29) is 18.4 Å². The van der Waals surface area contributed by atoms with Gasteiger partial charge >= 0.3 is 5.97 Å². The Morgan fingerprint density at radius 2 is 2.00 bits per heavy atom. The van der Waals surface area contributed by atoms with Crippen molar-refractivity contribution in [2.45, 2.75) is 19.9 Å². The van der Waals surface area contributed by atoms with Crippen molar-refractivity contribution in [1.29, 1.82) is 0 Å². The number of hydrogen-bond acceptors (Lipinski definition) is 4. The van der Waals surface area contributed by atoms with Crippen LogP contribution in [0.4, 0.5) is 0 Å². The van der Waals surface area contributed by atoms with E-state index in [1.165, 1.54) is 0 Å². The van der Waals surface area contributed by atoms with Crippen molar-refractivity contribution >= 4 is 11.9 Å². The highest BCUT2D eigenvalue weighted by Crippen LogP contribution is 2.23. The Bertz CT molecular complexity index is 784. The Balaban J connectivity index is 1.68. The minimum Gasteiger partial charge on any atom is -0.497 e. The second kappa shape index (κ2) is 7.59. The summed E-state index contributed by atoms with van der Waals surface area (Å²) in [5.41, 5.74) is 1.53. The topological polar surface area (TPSA) is 84.7 Å². The summed E-state index contributed by atoms with van der Waals surface area (Å²) in [6.45, 7) is 3.35. The van der Waals surface area contributed by atoms with Gasteiger partial charge in [0.15, 0.2) is 0 Å². The molecule has 1 saturated heterocycles. The number of aromatic nitrogens is 2. The zero-order valence-electron chi connectivity index (χ0n) is 15.0. The Labute approximate surface area is 152 Å². The highest BCUT2D eigenvalue weighted by Gasteiger charge is 2.32. The van der Waals surface area contributed by atoms with Crippen molar-refractivity contribution < 1.29 is 19.4 Å². The van der Waals surface area contributed by atoms with Gasteiger partial charge in [-0.25, -0.2) is 0 Å². The van der Waals surface area contributed by atoms with Crippen LogP contribution in [-0.2, 0) is 11.3 Å². The van der Waals surface area contributed by atoms with Crippen molar-refractivity contribution in [3.8, 4) is 5.75 Å². The normalized spacial score (nSPS) is 20.0. The smallest absolute Gasteiger partial charge is 0.308 e. The molecule has 7 heteroatoms. The highest BCUT2D eigenvalue weighted by atomic mass is 16.5. The lowest BCUT2D eigenvalue weighted by atomic mass is 9.90. The van der Waals surface area contributed by atoms with Crippen LogP contribution in [0.3, 0.4) is 0 Å². The number of rotatable bonds is 5. The average Bonchev–Trinajstić information content (AvgIpc) is 3.09. The zero-order chi connectivity index (χ0) is 18.7. The SMILES string of the molecule is COc1ccc(Cn2cc(C(=O)N3CC(C)CC(C(=O)O)C3)cn2)cc1. The number of likely N-dealkylation sites (tertiary alicyclic amines) is 1. The van der Waals surface area contributed by atoms with E-state index in [9.17, 15) is 14.7 Å². The van der Waals surface area contributed by atoms with E-state index in [2.05, 4.69) is 5.10 Å². The maximum atomic E-state index is 12.7. The van der Waals surface area contributed by atoms with Crippen molar-refractivity contribution in [1.82, 2.24) is 14.7 Å². The van der Waals surface area contributed by atoms with E-state index in [0.717, 1.165) is 11.3 Å². The van der Waals surface area contributed by atoms with Gasteiger partial charge in [0.1, 0.15) is 5.75 Å². The molecule has 1 aromatic heterocycles. The molecule has 2 atom stereocenters. The quantitative estimate of drug-likeness (QED) is 0.886. The average molecular weight is 357 g/mol. The summed E-state index contributed by atoms with van der Waals surface area (Å²) in [7, 11) is 1.62. The number of hydrogen-bond donors (Lipinski definition) is 1. The van der Waals surface area contributed by atoms with Gasteiger partial charge in [0, 0.05) is 19.3 Å². The van der Waals surface area contributed by atoms with Gasteiger partial charge in [0.25, 0.3) is 5.91 Å². The molecule has 1 aliphatic rings. The molecule has 1 amide bonds. The number of carbonyl (C=O) groups excluding carboxylic acids is 1. The van der Waals surface area contributed by atoms with Gasteiger partial charge in [0.2, 0.25) is 0 Å². The number of benzene rings is 1. The molecule has 3 rings (SSSR count). The number of ether oxygens (including phenoxy) is 1. The fraction of sp³-hybridized carbons (Fsp3) is 0.421. The van der Waals surface area contributed by atoms with Crippen molar-refractivity contribution in [3.05, 3.63) is 47.8 Å². The molecule has 2 heterocycles. The number of methoxy groups -OCH3 is 1. The van der Waals surface area contributed by atoms with Crippen molar-refractivity contribution in [2.24, 2.45) is 11.8 Å². The molecule has 26 heavy (non-hydrogen) atoms. The number of carbonyl (C=O) groups is 2. The van der Waals surface area contributed by atoms with E-state index < -0.39 is 11.9 Å². The first-order valence-electron chi connectivity index (χ1n) is 8.63. The predicted octanol–water partition coefficient (Wildman–Crippen LogP) is 2.12. The summed E-state index contributed by atoms with van der Waals surface area (Å²) in [5.74, 6) is -0.550. The Kier molecular flexibility index (Phi) is 5.25. The number of carboxylic acid groups (broad SMARTS) is 1. The summed E-state index contributed by atoms with van der Waals surface area (Å²) >= 11 is 0. The molecule has 0 spiro atoms. The third-order valence-corrected chi connectivity index (χ3v) is 4.68. The summed E-state index contributed by atoms with van der Waals surface area (Å²) in [6.07, 6.45) is 3.86. The summed E-state index contributed by atoms with van der Waals surface area (Å²) in [6, 6.07) is 7.66. The summed E-state index contributed by atoms with van der Waals surface area (Å²) < 4.78 is 6.85. The number of piperidine rings is 1. The zero-order valence-corrected chi connectivity index (χ0v) is 15.0. The van der Waals surface area contributed by atoms with Gasteiger partial charge in [0.05, 0.1) is 31.3 Å². The summed E-state index contributed by atoms with van der Waals surface area (Å²) in [5, 5.41) is 13.5. The van der Waals surface area contributed by atoms with Gasteiger partial charge in [-0.1, -0.05) is 19.1 Å². The number of nitrogens with zero attached hydrogens (tertiary/aromatic N) is 3. The van der Waals surface area contributed by atoms with Gasteiger partial charge < -0.3 is 14.7 Å². The number of amides is 1. The largest absolute Gasteiger partial charge is 0.497 e. The molecule has 1 fully saturated rings. The Morgan fingerprint density at radius 1 is 1.27 bits per heavy atom. The van der Waals surface area contributed by atoms with Crippen LogP contribution in [0.1, 0.15) is 29.3 Å². The van der Waals surface area contributed by atoms with E-state index in [1.807, 2.05) is 31.2 Å². The molecule has 7 nitrogen and oxygen atoms in total.